The highest BCUT2D eigenvalue weighted by molar-refractivity contribution is 6.26. The summed E-state index contributed by atoms with van der Waals surface area (Å²) in [5, 5.41) is 0. The van der Waals surface area contributed by atoms with Crippen molar-refractivity contribution in [3.05, 3.63) is 11.6 Å². The molecule has 0 saturated carbocycles. The van der Waals surface area contributed by atoms with E-state index in [9.17, 15) is 0 Å². The van der Waals surface area contributed by atoms with Gasteiger partial charge in [0.25, 0.3) is 0 Å². The number of allylic oxidation sites excluding steroid dienone is 2. The second-order valence-electron chi connectivity index (χ2n) is 5.00. The van der Waals surface area contributed by atoms with Crippen LogP contribution < -0.4 is 0 Å². The van der Waals surface area contributed by atoms with Gasteiger partial charge in [-0.25, -0.2) is 0 Å². The molecule has 0 bridgehead atoms. The molecule has 3 heteroatoms. The first-order chi connectivity index (χ1) is 8.66. The van der Waals surface area contributed by atoms with Gasteiger partial charge in [0, 0.05) is 13.2 Å². The molecule has 2 nitrogen and oxygen atoms in total. The van der Waals surface area contributed by atoms with E-state index >= 15 is 0 Å². The van der Waals surface area contributed by atoms with Crippen LogP contribution in [-0.4, -0.2) is 29.1 Å². The minimum Gasteiger partial charge on any atom is -0.418 e. The zero-order chi connectivity index (χ0) is 13.6. The molecule has 0 fully saturated rings. The van der Waals surface area contributed by atoms with Crippen molar-refractivity contribution in [2.75, 3.05) is 13.2 Å². The number of nitrogens with zero attached hydrogens (tertiary/aromatic N) is 1. The van der Waals surface area contributed by atoms with Crippen molar-refractivity contribution in [2.45, 2.75) is 59.4 Å². The molecule has 0 atom stereocenters. The maximum atomic E-state index is 5.30. The molecule has 0 saturated heterocycles. The van der Waals surface area contributed by atoms with Gasteiger partial charge in [-0.1, -0.05) is 25.5 Å². The predicted molar refractivity (Wildman–Crippen MR) is 82.6 cm³/mol. The van der Waals surface area contributed by atoms with E-state index in [2.05, 4.69) is 38.1 Å². The maximum absolute atomic E-state index is 5.30. The molecule has 0 spiro atoms. The summed E-state index contributed by atoms with van der Waals surface area (Å²) in [7, 11) is 0.655. The van der Waals surface area contributed by atoms with Gasteiger partial charge in [0.15, 0.2) is 0 Å². The molecule has 0 heterocycles. The van der Waals surface area contributed by atoms with Crippen LogP contribution >= 0.6 is 0 Å². The average molecular weight is 267 g/mol. The third-order valence-corrected chi connectivity index (χ3v) is 3.51. The molecular weight excluding hydrogens is 238 g/mol. The molecule has 0 aliphatic carbocycles. The Kier molecular flexibility index (Phi) is 12.7. The largest absolute Gasteiger partial charge is 0.418 e. The maximum Gasteiger partial charge on any atom is 0.229 e. The highest BCUT2D eigenvalue weighted by atomic mass is 28.2. The summed E-state index contributed by atoms with van der Waals surface area (Å²) in [4.78, 5) is 4.42. The molecule has 18 heavy (non-hydrogen) atoms. The number of unbranched alkanes of at least 4 members (excludes halogenated alkanes) is 1. The summed E-state index contributed by atoms with van der Waals surface area (Å²) in [5.41, 5.74) is 1.51. The van der Waals surface area contributed by atoms with Gasteiger partial charge in [0.05, 0.1) is 0 Å². The van der Waals surface area contributed by atoms with Crippen LogP contribution in [0.5, 0.6) is 0 Å². The Labute approximate surface area is 116 Å². The fourth-order valence-corrected chi connectivity index (χ4v) is 2.38. The van der Waals surface area contributed by atoms with Crippen molar-refractivity contribution in [2.24, 2.45) is 10.9 Å². The lowest BCUT2D eigenvalue weighted by Gasteiger charge is -2.03. The first-order valence-electron chi connectivity index (χ1n) is 7.15. The topological polar surface area (TPSA) is 21.6 Å². The normalized spacial score (nSPS) is 12.8. The van der Waals surface area contributed by atoms with Crippen molar-refractivity contribution in [1.29, 1.82) is 0 Å². The van der Waals surface area contributed by atoms with Crippen LogP contribution in [0.4, 0.5) is 0 Å². The fraction of sp³-hybridized carbons (Fsp3) is 0.800. The van der Waals surface area contributed by atoms with Gasteiger partial charge in [-0.2, -0.15) is 0 Å². The molecule has 0 aromatic heterocycles. The van der Waals surface area contributed by atoms with E-state index in [0.29, 0.717) is 9.76 Å². The Morgan fingerprint density at radius 2 is 2.11 bits per heavy atom. The monoisotopic (exact) mass is 267 g/mol. The van der Waals surface area contributed by atoms with E-state index in [4.69, 9.17) is 4.43 Å². The van der Waals surface area contributed by atoms with E-state index in [1.165, 1.54) is 12.0 Å². The molecule has 0 aromatic rings. The summed E-state index contributed by atoms with van der Waals surface area (Å²) in [6.45, 7) is 10.6. The minimum absolute atomic E-state index is 0.655. The summed E-state index contributed by atoms with van der Waals surface area (Å²) in [5.74, 6) is 0.765. The Balaban J connectivity index is 3.37. The smallest absolute Gasteiger partial charge is 0.229 e. The molecule has 0 amide bonds. The second-order valence-corrected chi connectivity index (χ2v) is 6.07. The number of rotatable bonds is 11. The Morgan fingerprint density at radius 3 is 2.78 bits per heavy atom. The van der Waals surface area contributed by atoms with E-state index < -0.39 is 0 Å². The molecule has 0 unspecified atom stereocenters. The third-order valence-electron chi connectivity index (χ3n) is 2.46. The number of hydrogen-bond acceptors (Lipinski definition) is 2. The van der Waals surface area contributed by atoms with Gasteiger partial charge in [0.2, 0.25) is 9.76 Å². The van der Waals surface area contributed by atoms with Crippen molar-refractivity contribution in [1.82, 2.24) is 0 Å². The first-order valence-corrected chi connectivity index (χ1v) is 8.26. The minimum atomic E-state index is 0.655. The Bertz CT molecular complexity index is 237. The molecule has 0 rings (SSSR count). The van der Waals surface area contributed by atoms with Gasteiger partial charge >= 0.3 is 0 Å². The van der Waals surface area contributed by atoms with Crippen LogP contribution in [-0.2, 0) is 4.43 Å². The number of aliphatic imine (C=N–C) groups is 1. The van der Waals surface area contributed by atoms with Gasteiger partial charge in [-0.3, -0.25) is 4.99 Å². The highest BCUT2D eigenvalue weighted by Gasteiger charge is 1.94. The molecule has 0 aliphatic rings. The van der Waals surface area contributed by atoms with Crippen molar-refractivity contribution in [3.8, 4) is 0 Å². The van der Waals surface area contributed by atoms with Gasteiger partial charge in [-0.15, -0.1) is 0 Å². The SMILES string of the molecule is CCO[Si]CCCN=CCCC=C(C)CC(C)C. The second kappa shape index (κ2) is 13.0. The van der Waals surface area contributed by atoms with Crippen LogP contribution in [0.2, 0.25) is 6.04 Å². The zero-order valence-electron chi connectivity index (χ0n) is 12.5. The number of hydrogen-bond donors (Lipinski definition) is 0. The summed E-state index contributed by atoms with van der Waals surface area (Å²) in [6.07, 6.45) is 8.99. The summed E-state index contributed by atoms with van der Waals surface area (Å²) >= 11 is 0. The van der Waals surface area contributed by atoms with Crippen molar-refractivity contribution < 1.29 is 4.43 Å². The average Bonchev–Trinajstić information content (AvgIpc) is 2.30. The van der Waals surface area contributed by atoms with Gasteiger partial charge in [0.1, 0.15) is 0 Å². The van der Waals surface area contributed by atoms with Crippen LogP contribution in [0.15, 0.2) is 16.6 Å². The summed E-state index contributed by atoms with van der Waals surface area (Å²) < 4.78 is 5.30. The quantitative estimate of drug-likeness (QED) is 0.237. The van der Waals surface area contributed by atoms with Crippen LogP contribution in [0.1, 0.15) is 53.4 Å². The Hall–Kier alpha value is -0.413. The molecule has 0 aliphatic heterocycles. The molecule has 104 valence electrons. The molecule has 2 radical (unpaired) electrons. The van der Waals surface area contributed by atoms with E-state index in [-0.39, 0.29) is 0 Å². The van der Waals surface area contributed by atoms with Gasteiger partial charge < -0.3 is 4.43 Å². The predicted octanol–water partition coefficient (Wildman–Crippen LogP) is 4.29. The lowest BCUT2D eigenvalue weighted by Crippen LogP contribution is -1.97. The lowest BCUT2D eigenvalue weighted by atomic mass is 10.0. The first kappa shape index (κ1) is 17.6. The van der Waals surface area contributed by atoms with Crippen LogP contribution in [0.25, 0.3) is 0 Å². The fourth-order valence-electron chi connectivity index (χ4n) is 1.73. The van der Waals surface area contributed by atoms with Crippen molar-refractivity contribution in [3.63, 3.8) is 0 Å². The summed E-state index contributed by atoms with van der Waals surface area (Å²) in [6, 6.07) is 1.15. The molecule has 0 aromatic carbocycles. The Morgan fingerprint density at radius 1 is 1.33 bits per heavy atom. The lowest BCUT2D eigenvalue weighted by molar-refractivity contribution is 0.359. The zero-order valence-corrected chi connectivity index (χ0v) is 13.5. The van der Waals surface area contributed by atoms with E-state index in [1.54, 1.807) is 0 Å². The van der Waals surface area contributed by atoms with E-state index in [1.807, 2.05) is 6.92 Å². The van der Waals surface area contributed by atoms with Crippen molar-refractivity contribution >= 4 is 16.0 Å². The third kappa shape index (κ3) is 13.7. The van der Waals surface area contributed by atoms with E-state index in [0.717, 1.165) is 44.4 Å². The molecular formula is C15H29NOSi. The van der Waals surface area contributed by atoms with Crippen LogP contribution in [0.3, 0.4) is 0 Å². The van der Waals surface area contributed by atoms with Gasteiger partial charge in [-0.05, 0) is 57.7 Å². The molecule has 0 N–H and O–H groups in total. The standard InChI is InChI=1S/C15H29NOSi/c1-5-17-18-12-8-11-16-10-7-6-9-15(4)13-14(2)3/h9-10,14H,5-8,11-13H2,1-4H3. The van der Waals surface area contributed by atoms with Crippen LogP contribution in [0, 0.1) is 5.92 Å². The highest BCUT2D eigenvalue weighted by Crippen LogP contribution is 2.10.